The van der Waals surface area contributed by atoms with Gasteiger partial charge in [-0.05, 0) is 62.5 Å². The topological polar surface area (TPSA) is 70.5 Å². The number of dihydropyridines is 1. The van der Waals surface area contributed by atoms with Crippen molar-refractivity contribution < 1.29 is 4.79 Å². The molecule has 1 aromatic rings. The fraction of sp³-hybridized carbons (Fsp3) is 0.520. The Morgan fingerprint density at radius 3 is 2.84 bits per heavy atom. The van der Waals surface area contributed by atoms with Gasteiger partial charge in [-0.3, -0.25) is 9.79 Å². The van der Waals surface area contributed by atoms with E-state index < -0.39 is 0 Å². The summed E-state index contributed by atoms with van der Waals surface area (Å²) in [5, 5.41) is 3.39. The largest absolute Gasteiger partial charge is 0.347 e. The predicted molar refractivity (Wildman–Crippen MR) is 122 cm³/mol. The van der Waals surface area contributed by atoms with Gasteiger partial charge in [-0.15, -0.1) is 0 Å². The molecule has 162 valence electrons. The van der Waals surface area contributed by atoms with Crippen molar-refractivity contribution in [3.8, 4) is 0 Å². The minimum absolute atomic E-state index is 0.0762. The number of fused-ring (bicyclic) bond motifs is 1. The monoisotopic (exact) mass is 417 g/mol. The third kappa shape index (κ3) is 4.48. The number of rotatable bonds is 2. The lowest BCUT2D eigenvalue weighted by Gasteiger charge is -2.29. The molecule has 0 bridgehead atoms. The second kappa shape index (κ2) is 8.77. The van der Waals surface area contributed by atoms with Crippen molar-refractivity contribution in [2.24, 2.45) is 16.3 Å². The normalized spacial score (nSPS) is 25.4. The van der Waals surface area contributed by atoms with Crippen LogP contribution < -0.4 is 5.32 Å². The molecule has 1 aliphatic carbocycles. The van der Waals surface area contributed by atoms with Crippen LogP contribution in [-0.2, 0) is 0 Å². The number of allylic oxidation sites excluding steroid dienone is 2. The van der Waals surface area contributed by atoms with E-state index in [2.05, 4.69) is 38.4 Å². The molecular weight excluding hydrogens is 386 g/mol. The molecule has 1 N–H and O–H groups in total. The van der Waals surface area contributed by atoms with Crippen LogP contribution in [0.1, 0.15) is 61.7 Å². The number of carbonyl (C=O) groups excluding carboxylic acids is 1. The van der Waals surface area contributed by atoms with E-state index in [-0.39, 0.29) is 5.91 Å². The highest BCUT2D eigenvalue weighted by Gasteiger charge is 2.45. The van der Waals surface area contributed by atoms with Crippen molar-refractivity contribution in [1.29, 1.82) is 0 Å². The van der Waals surface area contributed by atoms with Gasteiger partial charge in [0, 0.05) is 31.1 Å². The molecule has 3 aliphatic heterocycles. The van der Waals surface area contributed by atoms with Gasteiger partial charge in [0.15, 0.2) is 0 Å². The van der Waals surface area contributed by atoms with E-state index in [9.17, 15) is 4.79 Å². The maximum atomic E-state index is 13.3. The van der Waals surface area contributed by atoms with E-state index in [1.807, 2.05) is 6.20 Å². The Bertz CT molecular complexity index is 942. The summed E-state index contributed by atoms with van der Waals surface area (Å²) in [6, 6.07) is 0. The van der Waals surface area contributed by atoms with E-state index in [0.29, 0.717) is 16.9 Å². The number of carbonyl (C=O) groups is 1. The van der Waals surface area contributed by atoms with Gasteiger partial charge in [0.05, 0.1) is 12.1 Å². The molecule has 31 heavy (non-hydrogen) atoms. The summed E-state index contributed by atoms with van der Waals surface area (Å²) >= 11 is 0. The van der Waals surface area contributed by atoms with Gasteiger partial charge in [-0.1, -0.05) is 30.2 Å². The Balaban J connectivity index is 1.42. The van der Waals surface area contributed by atoms with Crippen LogP contribution in [-0.4, -0.2) is 46.2 Å². The predicted octanol–water partition coefficient (Wildman–Crippen LogP) is 4.05. The van der Waals surface area contributed by atoms with Crippen LogP contribution in [0.25, 0.3) is 0 Å². The van der Waals surface area contributed by atoms with Crippen molar-refractivity contribution in [2.75, 3.05) is 19.6 Å². The van der Waals surface area contributed by atoms with Crippen LogP contribution in [0.15, 0.2) is 59.3 Å². The highest BCUT2D eigenvalue weighted by atomic mass is 16.2. The number of hydrogen-bond donors (Lipinski definition) is 1. The smallest absolute Gasteiger partial charge is 0.257 e. The molecule has 0 aromatic carbocycles. The van der Waals surface area contributed by atoms with Crippen molar-refractivity contribution in [2.45, 2.75) is 51.4 Å². The maximum absolute atomic E-state index is 13.3. The molecule has 4 aliphatic rings. The van der Waals surface area contributed by atoms with Crippen molar-refractivity contribution in [3.63, 3.8) is 0 Å². The molecule has 1 aromatic heterocycles. The lowest BCUT2D eigenvalue weighted by Crippen LogP contribution is -2.37. The minimum Gasteiger partial charge on any atom is -0.347 e. The number of aromatic nitrogens is 2. The molecule has 6 heteroatoms. The molecular formula is C25H31N5O. The summed E-state index contributed by atoms with van der Waals surface area (Å²) in [7, 11) is 0. The van der Waals surface area contributed by atoms with Crippen molar-refractivity contribution in [1.82, 2.24) is 20.2 Å². The number of nitrogens with one attached hydrogen (secondary N) is 1. The summed E-state index contributed by atoms with van der Waals surface area (Å²) < 4.78 is 0. The molecule has 1 unspecified atom stereocenters. The van der Waals surface area contributed by atoms with E-state index in [1.54, 1.807) is 12.4 Å². The van der Waals surface area contributed by atoms with E-state index in [0.717, 1.165) is 44.7 Å². The molecule has 1 saturated heterocycles. The SMILES string of the molecule is O=C(c1cncnc1)N1CCC(C2=C3C=CCN=C3NC=CCC2)CCCC2(CC2)C1. The van der Waals surface area contributed by atoms with Crippen LogP contribution in [0, 0.1) is 11.3 Å². The second-order valence-electron chi connectivity index (χ2n) is 9.35. The van der Waals surface area contributed by atoms with E-state index in [1.165, 1.54) is 49.6 Å². The summed E-state index contributed by atoms with van der Waals surface area (Å²) in [5.41, 5.74) is 3.71. The van der Waals surface area contributed by atoms with Crippen LogP contribution in [0.4, 0.5) is 0 Å². The first-order chi connectivity index (χ1) is 15.2. The molecule has 6 nitrogen and oxygen atoms in total. The fourth-order valence-corrected chi connectivity index (χ4v) is 5.32. The van der Waals surface area contributed by atoms with Gasteiger partial charge < -0.3 is 10.2 Å². The molecule has 1 saturated carbocycles. The van der Waals surface area contributed by atoms with Crippen molar-refractivity contribution >= 4 is 11.7 Å². The Morgan fingerprint density at radius 1 is 1.13 bits per heavy atom. The van der Waals surface area contributed by atoms with Crippen LogP contribution in [0.2, 0.25) is 0 Å². The Hall–Kier alpha value is -2.76. The van der Waals surface area contributed by atoms with Crippen LogP contribution >= 0.6 is 0 Å². The van der Waals surface area contributed by atoms with Gasteiger partial charge in [-0.25, -0.2) is 9.97 Å². The average Bonchev–Trinajstić information content (AvgIpc) is 3.54. The van der Waals surface area contributed by atoms with Gasteiger partial charge in [0.25, 0.3) is 5.91 Å². The summed E-state index contributed by atoms with van der Waals surface area (Å²) in [4.78, 5) is 28.2. The Kier molecular flexibility index (Phi) is 5.70. The van der Waals surface area contributed by atoms with Gasteiger partial charge in [-0.2, -0.15) is 0 Å². The summed E-state index contributed by atoms with van der Waals surface area (Å²) in [6.45, 7) is 2.40. The quantitative estimate of drug-likeness (QED) is 0.788. The van der Waals surface area contributed by atoms with Crippen LogP contribution in [0.5, 0.6) is 0 Å². The molecule has 0 radical (unpaired) electrons. The van der Waals surface area contributed by atoms with E-state index in [4.69, 9.17) is 4.99 Å². The highest BCUT2D eigenvalue weighted by molar-refractivity contribution is 6.03. The number of amidine groups is 1. The van der Waals surface area contributed by atoms with Crippen LogP contribution in [0.3, 0.4) is 0 Å². The second-order valence-corrected chi connectivity index (χ2v) is 9.35. The highest BCUT2D eigenvalue weighted by Crippen LogP contribution is 2.51. The van der Waals surface area contributed by atoms with Gasteiger partial charge in [0.2, 0.25) is 0 Å². The average molecular weight is 418 g/mol. The zero-order valence-corrected chi connectivity index (χ0v) is 18.1. The molecule has 4 heterocycles. The van der Waals surface area contributed by atoms with E-state index >= 15 is 0 Å². The standard InChI is InChI=1S/C25H31N5O/c31-24(20-15-26-18-27-16-20)30-14-8-19(5-3-9-25(17-30)10-11-25)21-6-1-2-12-28-23-22(21)7-4-13-29-23/h2,4,7,12,15-16,18-19H,1,3,5-6,8-11,13-14,17H2,(H,28,29). The van der Waals surface area contributed by atoms with Gasteiger partial charge >= 0.3 is 0 Å². The van der Waals surface area contributed by atoms with Gasteiger partial charge in [0.1, 0.15) is 12.2 Å². The summed E-state index contributed by atoms with van der Waals surface area (Å²) in [6.07, 6.45) is 22.7. The molecule has 1 amide bonds. The first-order valence-corrected chi connectivity index (χ1v) is 11.6. The fourth-order valence-electron chi connectivity index (χ4n) is 5.32. The maximum Gasteiger partial charge on any atom is 0.257 e. The number of nitrogens with zero attached hydrogens (tertiary/aromatic N) is 4. The zero-order chi connectivity index (χ0) is 21.1. The first kappa shape index (κ1) is 20.2. The number of aliphatic imine (C=N–C) groups is 1. The Labute approximate surface area is 184 Å². The third-order valence-electron chi connectivity index (χ3n) is 7.24. The first-order valence-electron chi connectivity index (χ1n) is 11.6. The number of amides is 1. The molecule has 5 rings (SSSR count). The molecule has 1 atom stereocenters. The molecule has 1 spiro atoms. The lowest BCUT2D eigenvalue weighted by atomic mass is 9.82. The molecule has 2 fully saturated rings. The lowest BCUT2D eigenvalue weighted by molar-refractivity contribution is 0.0712. The zero-order valence-electron chi connectivity index (χ0n) is 18.1. The van der Waals surface area contributed by atoms with Crippen molar-refractivity contribution in [3.05, 3.63) is 59.9 Å². The third-order valence-corrected chi connectivity index (χ3v) is 7.24. The summed E-state index contributed by atoms with van der Waals surface area (Å²) in [5.74, 6) is 1.56. The number of hydrogen-bond acceptors (Lipinski definition) is 5. The Morgan fingerprint density at radius 2 is 2.00 bits per heavy atom. The minimum atomic E-state index is 0.0762.